The van der Waals surface area contributed by atoms with E-state index in [9.17, 15) is 51.9 Å². The van der Waals surface area contributed by atoms with Crippen LogP contribution in [0.3, 0.4) is 0 Å². The van der Waals surface area contributed by atoms with E-state index in [2.05, 4.69) is 12.2 Å². The van der Waals surface area contributed by atoms with Gasteiger partial charge in [-0.1, -0.05) is 74.2 Å². The number of benzene rings is 5. The summed E-state index contributed by atoms with van der Waals surface area (Å²) in [7, 11) is -17.4. The molecule has 0 spiro atoms. The summed E-state index contributed by atoms with van der Waals surface area (Å²) in [6, 6.07) is 26.1. The minimum atomic E-state index is -4.46. The van der Waals surface area contributed by atoms with Gasteiger partial charge in [-0.3, -0.25) is 18.2 Å². The lowest BCUT2D eigenvalue weighted by molar-refractivity contribution is -0.437. The standard InChI is InChI=1S/C49H50N2O12S5/c1-48(2)43(50(26-8-28-65(52,53)54)41-22-14-34-30-37(67(58,59)60)18-20-39(34)45(41)48)24-16-32-12-13-33(47(32)64-36-10-6-5-7-11-36)17-25-44-49(3,4)46-40-21-19-38(68(61,62)63)31-35(40)15-23-42(46)51(44)27-9-29-66(55,56)57/h5-7,10-11,14-25,30-31H,8-9,12-13,26-29H2,1-4H3,(H3-,52,53,54,55,56,57,58,59,60,61,62,63)/p+1. The molecule has 0 atom stereocenters. The summed E-state index contributed by atoms with van der Waals surface area (Å²) >= 11 is 1.62. The monoisotopic (exact) mass is 1020 g/mol. The average Bonchev–Trinajstić information content (AvgIpc) is 3.80. The number of thioether (sulfide) groups is 1. The first-order valence-corrected chi connectivity index (χ1v) is 28.6. The SMILES string of the molecule is CC1(C)C(=CC=C2CCC(C=CC3=[N+](CCCS(=O)(=O)O)c4ccc5cc(S(=O)(=O)O)ccc5c4C3(C)C)=C2Sc2ccccc2)N(CCCS(=O)(=O)O)c2ccc3cc(S(=O)(=O)O)ccc3c21. The zero-order valence-corrected chi connectivity index (χ0v) is 41.7. The lowest BCUT2D eigenvalue weighted by Gasteiger charge is -2.27. The van der Waals surface area contributed by atoms with Gasteiger partial charge < -0.3 is 4.90 Å². The van der Waals surface area contributed by atoms with Crippen molar-refractivity contribution in [3.8, 4) is 0 Å². The van der Waals surface area contributed by atoms with Crippen LogP contribution >= 0.6 is 11.8 Å². The molecule has 0 saturated heterocycles. The van der Waals surface area contributed by atoms with Crippen LogP contribution in [0, 0.1) is 0 Å². The molecule has 2 aliphatic heterocycles. The van der Waals surface area contributed by atoms with Crippen molar-refractivity contribution in [3.63, 3.8) is 0 Å². The summed E-state index contributed by atoms with van der Waals surface area (Å²) in [5.74, 6) is -0.890. The minimum Gasteiger partial charge on any atom is -0.344 e. The molecule has 5 aromatic carbocycles. The van der Waals surface area contributed by atoms with Crippen molar-refractivity contribution in [3.05, 3.63) is 148 Å². The molecule has 14 nitrogen and oxygen atoms in total. The molecule has 0 amide bonds. The predicted molar refractivity (Wildman–Crippen MR) is 267 cm³/mol. The van der Waals surface area contributed by atoms with Gasteiger partial charge >= 0.3 is 0 Å². The zero-order valence-electron chi connectivity index (χ0n) is 37.6. The Hall–Kier alpha value is -4.96. The summed E-state index contributed by atoms with van der Waals surface area (Å²) in [5.41, 5.74) is 5.82. The first-order valence-electron chi connectivity index (χ1n) is 21.7. The van der Waals surface area contributed by atoms with Crippen LogP contribution in [0.4, 0.5) is 11.4 Å². The number of rotatable bonds is 15. The molecule has 5 aromatic rings. The lowest BCUT2D eigenvalue weighted by Crippen LogP contribution is -2.28. The molecule has 3 aliphatic rings. The summed E-state index contributed by atoms with van der Waals surface area (Å²) in [6.07, 6.45) is 9.85. The van der Waals surface area contributed by atoms with E-state index in [0.29, 0.717) is 23.6 Å². The first-order chi connectivity index (χ1) is 31.7. The van der Waals surface area contributed by atoms with Crippen LogP contribution < -0.4 is 4.90 Å². The van der Waals surface area contributed by atoms with Crippen molar-refractivity contribution in [1.29, 1.82) is 0 Å². The van der Waals surface area contributed by atoms with Crippen LogP contribution in [-0.4, -0.2) is 86.8 Å². The molecule has 0 aromatic heterocycles. The maximum absolute atomic E-state index is 12.1. The van der Waals surface area contributed by atoms with Crippen LogP contribution in [0.5, 0.6) is 0 Å². The van der Waals surface area contributed by atoms with Gasteiger partial charge in [0, 0.05) is 57.3 Å². The number of hydrogen-bond donors (Lipinski definition) is 4. The van der Waals surface area contributed by atoms with Crippen LogP contribution in [0.2, 0.25) is 0 Å². The van der Waals surface area contributed by atoms with Gasteiger partial charge in [0.15, 0.2) is 5.71 Å². The third-order valence-electron chi connectivity index (χ3n) is 12.9. The molecule has 68 heavy (non-hydrogen) atoms. The number of allylic oxidation sites excluding steroid dienone is 7. The number of nitrogens with zero attached hydrogens (tertiary/aromatic N) is 2. The van der Waals surface area contributed by atoms with E-state index in [0.717, 1.165) is 65.6 Å². The Morgan fingerprint density at radius 3 is 1.84 bits per heavy atom. The molecule has 358 valence electrons. The highest BCUT2D eigenvalue weighted by Crippen LogP contribution is 2.52. The molecular weight excluding hydrogens is 969 g/mol. The zero-order chi connectivity index (χ0) is 49.2. The second kappa shape index (κ2) is 18.1. The minimum absolute atomic E-state index is 0.124. The molecule has 8 rings (SSSR count). The van der Waals surface area contributed by atoms with Crippen molar-refractivity contribution in [2.75, 3.05) is 29.5 Å². The van der Waals surface area contributed by atoms with Gasteiger partial charge in [-0.2, -0.15) is 38.2 Å². The van der Waals surface area contributed by atoms with Crippen molar-refractivity contribution < 1.29 is 56.5 Å². The molecule has 0 saturated carbocycles. The summed E-state index contributed by atoms with van der Waals surface area (Å²) in [5, 5.41) is 2.73. The summed E-state index contributed by atoms with van der Waals surface area (Å²) in [4.78, 5) is 3.60. The van der Waals surface area contributed by atoms with Gasteiger partial charge in [-0.05, 0) is 126 Å². The summed E-state index contributed by atoms with van der Waals surface area (Å²) < 4.78 is 137. The van der Waals surface area contributed by atoms with Crippen molar-refractivity contribution in [2.24, 2.45) is 0 Å². The Morgan fingerprint density at radius 1 is 0.647 bits per heavy atom. The molecule has 0 unspecified atom stereocenters. The highest BCUT2D eigenvalue weighted by molar-refractivity contribution is 8.03. The normalized spacial score (nSPS) is 18.6. The molecule has 2 heterocycles. The van der Waals surface area contributed by atoms with Crippen molar-refractivity contribution in [2.45, 2.75) is 78.9 Å². The fraction of sp³-hybridized carbons (Fsp3) is 0.286. The Morgan fingerprint density at radius 2 is 1.24 bits per heavy atom. The second-order valence-corrected chi connectivity index (χ2v) is 25.3. The smallest absolute Gasteiger partial charge is 0.294 e. The topological polar surface area (TPSA) is 224 Å². The third kappa shape index (κ3) is 10.0. The Balaban J connectivity index is 1.24. The maximum Gasteiger partial charge on any atom is 0.294 e. The number of fused-ring (bicyclic) bond motifs is 6. The molecule has 19 heteroatoms. The van der Waals surface area contributed by atoms with Crippen molar-refractivity contribution >= 4 is 90.9 Å². The average molecular weight is 1020 g/mol. The second-order valence-electron chi connectivity index (χ2n) is 18.2. The van der Waals surface area contributed by atoms with E-state index in [1.807, 2.05) is 91.8 Å². The third-order valence-corrected chi connectivity index (χ3v) is 17.4. The largest absolute Gasteiger partial charge is 0.344 e. The van der Waals surface area contributed by atoms with Crippen LogP contribution in [-0.2, 0) is 51.3 Å². The Kier molecular flexibility index (Phi) is 13.2. The van der Waals surface area contributed by atoms with Crippen LogP contribution in [0.15, 0.2) is 152 Å². The number of hydrogen-bond acceptors (Lipinski definition) is 10. The van der Waals surface area contributed by atoms with E-state index in [-0.39, 0.29) is 35.7 Å². The van der Waals surface area contributed by atoms with Gasteiger partial charge in [0.2, 0.25) is 5.69 Å². The molecule has 1 aliphatic carbocycles. The van der Waals surface area contributed by atoms with E-state index in [1.165, 1.54) is 24.3 Å². The van der Waals surface area contributed by atoms with E-state index >= 15 is 0 Å². The molecule has 4 N–H and O–H groups in total. The highest BCUT2D eigenvalue weighted by atomic mass is 32.2. The van der Waals surface area contributed by atoms with Crippen LogP contribution in [0.25, 0.3) is 21.5 Å². The van der Waals surface area contributed by atoms with Crippen LogP contribution in [0.1, 0.15) is 64.5 Å². The molecule has 0 fully saturated rings. The maximum atomic E-state index is 12.1. The fourth-order valence-corrected chi connectivity index (χ4v) is 13.0. The van der Waals surface area contributed by atoms with Gasteiger partial charge in [-0.15, -0.1) is 0 Å². The van der Waals surface area contributed by atoms with E-state index in [4.69, 9.17) is 0 Å². The molecular formula is C49H51N2O12S5+. The molecule has 0 radical (unpaired) electrons. The fourth-order valence-electron chi connectivity index (χ4n) is 9.87. The molecule has 0 bridgehead atoms. The van der Waals surface area contributed by atoms with Gasteiger partial charge in [-0.25, -0.2) is 0 Å². The summed E-state index contributed by atoms with van der Waals surface area (Å²) in [6.45, 7) is 8.69. The lowest BCUT2D eigenvalue weighted by atomic mass is 9.79. The van der Waals surface area contributed by atoms with E-state index < -0.39 is 62.8 Å². The van der Waals surface area contributed by atoms with Gasteiger partial charge in [0.05, 0.1) is 26.7 Å². The first kappa shape index (κ1) is 49.5. The predicted octanol–water partition coefficient (Wildman–Crippen LogP) is 9.42. The number of anilines is 1. The Labute approximate surface area is 401 Å². The van der Waals surface area contributed by atoms with E-state index in [1.54, 1.807) is 36.0 Å². The van der Waals surface area contributed by atoms with Gasteiger partial charge in [0.25, 0.3) is 40.5 Å². The van der Waals surface area contributed by atoms with Gasteiger partial charge in [0.1, 0.15) is 6.54 Å². The van der Waals surface area contributed by atoms with Crippen molar-refractivity contribution in [1.82, 2.24) is 0 Å². The highest BCUT2D eigenvalue weighted by Gasteiger charge is 2.46. The quantitative estimate of drug-likeness (QED) is 0.0567. The Bertz CT molecular complexity index is 3540.